The zero-order chi connectivity index (χ0) is 15.1. The van der Waals surface area contributed by atoms with Gasteiger partial charge in [-0.2, -0.15) is 0 Å². The summed E-state index contributed by atoms with van der Waals surface area (Å²) in [5.74, 6) is -0.643. The number of nitrogens with two attached hydrogens (primary N) is 1. The van der Waals surface area contributed by atoms with Crippen molar-refractivity contribution in [3.05, 3.63) is 21.9 Å². The van der Waals surface area contributed by atoms with Gasteiger partial charge in [-0.05, 0) is 18.9 Å². The van der Waals surface area contributed by atoms with Gasteiger partial charge in [-0.25, -0.2) is 0 Å². The summed E-state index contributed by atoms with van der Waals surface area (Å²) in [6.45, 7) is 1.38. The standard InChI is InChI=1S/C15H23N3O2S.ClH/c16-14(19)11-9-13(21-10-11)15(20)18-8-7-17-12-5-3-1-2-4-6-12;/h9-10,12,17H,1-8H2,(H2,16,19)(H,18,20);1H. The van der Waals surface area contributed by atoms with Crippen LogP contribution in [0.3, 0.4) is 0 Å². The third-order valence-corrected chi connectivity index (χ3v) is 4.74. The minimum atomic E-state index is -0.500. The van der Waals surface area contributed by atoms with Crippen LogP contribution in [0.4, 0.5) is 0 Å². The molecule has 0 unspecified atom stereocenters. The summed E-state index contributed by atoms with van der Waals surface area (Å²) in [5.41, 5.74) is 5.56. The van der Waals surface area contributed by atoms with Crippen molar-refractivity contribution in [3.8, 4) is 0 Å². The molecule has 1 aliphatic carbocycles. The molecule has 1 aromatic rings. The molecular formula is C15H24ClN3O2S. The fourth-order valence-corrected chi connectivity index (χ4v) is 3.42. The molecule has 1 saturated carbocycles. The first-order valence-corrected chi connectivity index (χ1v) is 8.44. The quantitative estimate of drug-likeness (QED) is 0.546. The molecule has 4 N–H and O–H groups in total. The minimum Gasteiger partial charge on any atom is -0.366 e. The Labute approximate surface area is 141 Å². The Hall–Kier alpha value is -1.11. The first kappa shape index (κ1) is 18.9. The second-order valence-electron chi connectivity index (χ2n) is 5.46. The van der Waals surface area contributed by atoms with Crippen molar-refractivity contribution in [2.75, 3.05) is 13.1 Å². The number of thiophene rings is 1. The molecule has 1 aromatic heterocycles. The lowest BCUT2D eigenvalue weighted by atomic mass is 10.1. The average Bonchev–Trinajstić information content (AvgIpc) is 2.82. The van der Waals surface area contributed by atoms with E-state index in [0.29, 0.717) is 23.0 Å². The SMILES string of the molecule is Cl.NC(=O)c1csc(C(=O)NCCNC2CCCCCC2)c1. The van der Waals surface area contributed by atoms with Crippen molar-refractivity contribution in [2.45, 2.75) is 44.6 Å². The van der Waals surface area contributed by atoms with Crippen molar-refractivity contribution in [2.24, 2.45) is 5.73 Å². The van der Waals surface area contributed by atoms with Crippen LogP contribution in [0.2, 0.25) is 0 Å². The number of halogens is 1. The number of hydrogen-bond donors (Lipinski definition) is 3. The first-order valence-electron chi connectivity index (χ1n) is 7.57. The molecule has 7 heteroatoms. The largest absolute Gasteiger partial charge is 0.366 e. The normalized spacial score (nSPS) is 15.6. The fraction of sp³-hybridized carbons (Fsp3) is 0.600. The van der Waals surface area contributed by atoms with Crippen LogP contribution in [-0.4, -0.2) is 30.9 Å². The summed E-state index contributed by atoms with van der Waals surface area (Å²) in [5, 5.41) is 7.98. The number of primary amides is 1. The molecule has 1 aliphatic rings. The van der Waals surface area contributed by atoms with Gasteiger partial charge >= 0.3 is 0 Å². The summed E-state index contributed by atoms with van der Waals surface area (Å²) in [6.07, 6.45) is 7.76. The lowest BCUT2D eigenvalue weighted by molar-refractivity contribution is 0.0957. The van der Waals surface area contributed by atoms with Crippen LogP contribution in [0, 0.1) is 0 Å². The highest BCUT2D eigenvalue weighted by molar-refractivity contribution is 7.12. The van der Waals surface area contributed by atoms with Crippen LogP contribution in [0.15, 0.2) is 11.4 Å². The lowest BCUT2D eigenvalue weighted by Gasteiger charge is -2.16. The van der Waals surface area contributed by atoms with Crippen molar-refractivity contribution in [1.29, 1.82) is 0 Å². The predicted octanol–water partition coefficient (Wildman–Crippen LogP) is 2.31. The van der Waals surface area contributed by atoms with Gasteiger partial charge in [-0.15, -0.1) is 23.7 Å². The van der Waals surface area contributed by atoms with E-state index in [4.69, 9.17) is 5.73 Å². The van der Waals surface area contributed by atoms with Crippen LogP contribution < -0.4 is 16.4 Å². The first-order chi connectivity index (χ1) is 10.2. The summed E-state index contributed by atoms with van der Waals surface area (Å²) < 4.78 is 0. The van der Waals surface area contributed by atoms with Crippen molar-refractivity contribution < 1.29 is 9.59 Å². The molecule has 5 nitrogen and oxygen atoms in total. The number of amides is 2. The fourth-order valence-electron chi connectivity index (χ4n) is 2.61. The van der Waals surface area contributed by atoms with Crippen molar-refractivity contribution in [1.82, 2.24) is 10.6 Å². The molecule has 0 aliphatic heterocycles. The van der Waals surface area contributed by atoms with E-state index in [9.17, 15) is 9.59 Å². The molecule has 1 heterocycles. The number of rotatable bonds is 6. The smallest absolute Gasteiger partial charge is 0.261 e. The van der Waals surface area contributed by atoms with Gasteiger partial charge < -0.3 is 16.4 Å². The number of carbonyl (C=O) groups excluding carboxylic acids is 2. The Morgan fingerprint density at radius 2 is 1.86 bits per heavy atom. The Balaban J connectivity index is 0.00000242. The molecule has 0 bridgehead atoms. The molecule has 0 saturated heterocycles. The number of nitrogens with one attached hydrogen (secondary N) is 2. The molecule has 0 spiro atoms. The van der Waals surface area contributed by atoms with Crippen LogP contribution in [0.5, 0.6) is 0 Å². The monoisotopic (exact) mass is 345 g/mol. The molecular weight excluding hydrogens is 322 g/mol. The second kappa shape index (κ2) is 9.82. The molecule has 0 aromatic carbocycles. The van der Waals surface area contributed by atoms with Crippen LogP contribution >= 0.6 is 23.7 Å². The van der Waals surface area contributed by atoms with Gasteiger partial charge in [-0.1, -0.05) is 25.7 Å². The molecule has 0 radical (unpaired) electrons. The highest BCUT2D eigenvalue weighted by atomic mass is 35.5. The molecule has 22 heavy (non-hydrogen) atoms. The Morgan fingerprint density at radius 1 is 1.18 bits per heavy atom. The van der Waals surface area contributed by atoms with Gasteiger partial charge in [0.2, 0.25) is 5.91 Å². The van der Waals surface area contributed by atoms with Gasteiger partial charge in [-0.3, -0.25) is 9.59 Å². The van der Waals surface area contributed by atoms with E-state index in [-0.39, 0.29) is 18.3 Å². The maximum atomic E-state index is 11.9. The molecule has 1 fully saturated rings. The van der Waals surface area contributed by atoms with E-state index in [1.165, 1.54) is 49.9 Å². The van der Waals surface area contributed by atoms with Gasteiger partial charge in [0.1, 0.15) is 0 Å². The van der Waals surface area contributed by atoms with Crippen LogP contribution in [0.1, 0.15) is 58.6 Å². The lowest BCUT2D eigenvalue weighted by Crippen LogP contribution is -2.36. The molecule has 2 amide bonds. The van der Waals surface area contributed by atoms with Crippen LogP contribution in [0.25, 0.3) is 0 Å². The molecule has 0 atom stereocenters. The minimum absolute atomic E-state index is 0. The average molecular weight is 346 g/mol. The third-order valence-electron chi connectivity index (χ3n) is 3.81. The summed E-state index contributed by atoms with van der Waals surface area (Å²) in [7, 11) is 0. The van der Waals surface area contributed by atoms with Crippen molar-refractivity contribution in [3.63, 3.8) is 0 Å². The zero-order valence-corrected chi connectivity index (χ0v) is 14.2. The van der Waals surface area contributed by atoms with E-state index in [1.54, 1.807) is 11.4 Å². The van der Waals surface area contributed by atoms with E-state index >= 15 is 0 Å². The number of carbonyl (C=O) groups is 2. The van der Waals surface area contributed by atoms with E-state index in [0.717, 1.165) is 6.54 Å². The predicted molar refractivity (Wildman–Crippen MR) is 91.9 cm³/mol. The van der Waals surface area contributed by atoms with E-state index < -0.39 is 5.91 Å². The van der Waals surface area contributed by atoms with Gasteiger partial charge in [0.25, 0.3) is 5.91 Å². The Kier molecular flexibility index (Phi) is 8.45. The molecule has 2 rings (SSSR count). The van der Waals surface area contributed by atoms with Crippen LogP contribution in [-0.2, 0) is 0 Å². The van der Waals surface area contributed by atoms with Crippen molar-refractivity contribution >= 4 is 35.6 Å². The maximum Gasteiger partial charge on any atom is 0.261 e. The second-order valence-corrected chi connectivity index (χ2v) is 6.37. The highest BCUT2D eigenvalue weighted by Gasteiger charge is 2.13. The third kappa shape index (κ3) is 5.94. The zero-order valence-electron chi connectivity index (χ0n) is 12.6. The van der Waals surface area contributed by atoms with Gasteiger partial charge in [0.05, 0.1) is 10.4 Å². The Morgan fingerprint density at radius 3 is 2.45 bits per heavy atom. The maximum absolute atomic E-state index is 11.9. The van der Waals surface area contributed by atoms with E-state index in [2.05, 4.69) is 10.6 Å². The highest BCUT2D eigenvalue weighted by Crippen LogP contribution is 2.17. The summed E-state index contributed by atoms with van der Waals surface area (Å²) >= 11 is 1.24. The molecule has 124 valence electrons. The number of hydrogen-bond acceptors (Lipinski definition) is 4. The summed E-state index contributed by atoms with van der Waals surface area (Å²) in [6, 6.07) is 2.13. The summed E-state index contributed by atoms with van der Waals surface area (Å²) in [4.78, 5) is 23.4. The van der Waals surface area contributed by atoms with Gasteiger partial charge in [0, 0.05) is 24.5 Å². The topological polar surface area (TPSA) is 84.2 Å². The van der Waals surface area contributed by atoms with E-state index in [1.807, 2.05) is 0 Å². The Bertz CT molecular complexity index is 485. The van der Waals surface area contributed by atoms with Gasteiger partial charge in [0.15, 0.2) is 0 Å².